The van der Waals surface area contributed by atoms with Gasteiger partial charge < -0.3 is 26.1 Å². The summed E-state index contributed by atoms with van der Waals surface area (Å²) in [7, 11) is 0. The number of aromatic amines is 1. The molecular weight excluding hydrogens is 641 g/mol. The smallest absolute Gasteiger partial charge is 0.406 e. The van der Waals surface area contributed by atoms with Crippen LogP contribution in [0.15, 0.2) is 63.8 Å². The Morgan fingerprint density at radius 2 is 1.70 bits per heavy atom. The van der Waals surface area contributed by atoms with Crippen molar-refractivity contribution >= 4 is 58.5 Å². The quantitative estimate of drug-likeness (QED) is 0.144. The zero-order valence-electron chi connectivity index (χ0n) is 26.7. The van der Waals surface area contributed by atoms with Crippen LogP contribution in [0.3, 0.4) is 0 Å². The molecule has 0 radical (unpaired) electrons. The lowest BCUT2D eigenvalue weighted by Gasteiger charge is -2.28. The van der Waals surface area contributed by atoms with Gasteiger partial charge in [-0.25, -0.2) is 4.79 Å². The Morgan fingerprint density at radius 1 is 1.00 bits per heavy atom. The highest BCUT2D eigenvalue weighted by Gasteiger charge is 2.29. The Bertz CT molecular complexity index is 1790. The second-order valence-corrected chi connectivity index (χ2v) is 12.8. The fourth-order valence-corrected chi connectivity index (χ4v) is 6.27. The molecule has 4 aromatic rings. The number of amides is 3. The number of H-pyrrole nitrogens is 1. The number of fused-ring (bicyclic) bond motifs is 1. The first-order chi connectivity index (χ1) is 22.0. The van der Waals surface area contributed by atoms with E-state index < -0.39 is 17.7 Å². The Labute approximate surface area is 284 Å². The molecular formula is C35H41Cl2N5O5. The number of anilines is 1. The molecule has 1 atom stereocenters. The minimum absolute atomic E-state index is 0. The first kappa shape index (κ1) is 35.7. The van der Waals surface area contributed by atoms with Crippen LogP contribution in [-0.4, -0.2) is 41.3 Å². The average Bonchev–Trinajstić information content (AvgIpc) is 3.41. The number of aromatic nitrogens is 1. The van der Waals surface area contributed by atoms with Crippen LogP contribution in [0.2, 0.25) is 5.02 Å². The van der Waals surface area contributed by atoms with E-state index >= 15 is 0 Å². The van der Waals surface area contributed by atoms with Gasteiger partial charge in [0.15, 0.2) is 5.58 Å². The fraction of sp³-hybridized carbons (Fsp3) is 0.371. The molecule has 12 heteroatoms. The number of oxazole rings is 1. The van der Waals surface area contributed by atoms with Gasteiger partial charge in [-0.3, -0.25) is 19.4 Å². The molecule has 1 aliphatic carbocycles. The number of aryl methyl sites for hydroxylation is 1. The maximum atomic E-state index is 13.7. The molecule has 1 aliphatic rings. The fourth-order valence-electron chi connectivity index (χ4n) is 6.01. The maximum absolute atomic E-state index is 13.7. The number of hydrogen-bond donors (Lipinski definition) is 5. The van der Waals surface area contributed by atoms with Crippen LogP contribution >= 0.6 is 24.0 Å². The van der Waals surface area contributed by atoms with Gasteiger partial charge in [0.05, 0.1) is 10.5 Å². The van der Waals surface area contributed by atoms with Gasteiger partial charge in [-0.15, -0.1) is 12.4 Å². The highest BCUT2D eigenvalue weighted by atomic mass is 35.5. The second kappa shape index (κ2) is 15.6. The molecule has 0 aliphatic heterocycles. The molecule has 1 aromatic heterocycles. The van der Waals surface area contributed by atoms with Gasteiger partial charge in [0.1, 0.15) is 6.04 Å². The minimum atomic E-state index is -0.871. The minimum Gasteiger partial charge on any atom is -0.406 e. The Morgan fingerprint density at radius 3 is 2.34 bits per heavy atom. The summed E-state index contributed by atoms with van der Waals surface area (Å²) < 4.78 is 5.06. The third kappa shape index (κ3) is 8.82. The van der Waals surface area contributed by atoms with E-state index in [1.54, 1.807) is 6.07 Å². The number of hydrogen-bond acceptors (Lipinski definition) is 6. The van der Waals surface area contributed by atoms with Gasteiger partial charge in [0.25, 0.3) is 5.91 Å². The number of benzene rings is 3. The van der Waals surface area contributed by atoms with Crippen LogP contribution in [0.25, 0.3) is 22.2 Å². The van der Waals surface area contributed by atoms with Gasteiger partial charge in [-0.05, 0) is 105 Å². The lowest BCUT2D eigenvalue weighted by molar-refractivity contribution is -0.130. The van der Waals surface area contributed by atoms with E-state index in [0.717, 1.165) is 47.9 Å². The Balaban J connectivity index is 0.00000500. The first-order valence-electron chi connectivity index (χ1n) is 15.6. The molecule has 5 rings (SSSR count). The third-order valence-electron chi connectivity index (χ3n) is 8.54. The SMILES string of the molecule is Cc1cc(C(=O)NC(C)C)ccc1-c1ccc(C[C@H](NC(=O)C2CCC(CN)CC2)C(=O)Nc2cc(Cl)c3oc(=O)[nH]c3c2)cc1.Cl. The molecule has 47 heavy (non-hydrogen) atoms. The van der Waals surface area contributed by atoms with E-state index in [-0.39, 0.29) is 53.2 Å². The van der Waals surface area contributed by atoms with Crippen LogP contribution in [0, 0.1) is 18.8 Å². The van der Waals surface area contributed by atoms with E-state index in [0.29, 0.717) is 29.2 Å². The average molecular weight is 683 g/mol. The van der Waals surface area contributed by atoms with Crippen LogP contribution in [-0.2, 0) is 16.0 Å². The molecule has 1 heterocycles. The predicted molar refractivity (Wildman–Crippen MR) is 187 cm³/mol. The van der Waals surface area contributed by atoms with E-state index in [9.17, 15) is 19.2 Å². The number of carbonyl (C=O) groups excluding carboxylic acids is 3. The number of rotatable bonds is 10. The van der Waals surface area contributed by atoms with Crippen molar-refractivity contribution in [3.05, 3.63) is 86.9 Å². The van der Waals surface area contributed by atoms with Crippen molar-refractivity contribution in [2.75, 3.05) is 11.9 Å². The largest absolute Gasteiger partial charge is 0.417 e. The van der Waals surface area contributed by atoms with E-state index in [4.69, 9.17) is 21.8 Å². The van der Waals surface area contributed by atoms with Crippen molar-refractivity contribution in [2.45, 2.75) is 65.0 Å². The molecule has 0 spiro atoms. The second-order valence-electron chi connectivity index (χ2n) is 12.4. The molecule has 0 saturated heterocycles. The van der Waals surface area contributed by atoms with Crippen molar-refractivity contribution < 1.29 is 18.8 Å². The lowest BCUT2D eigenvalue weighted by atomic mass is 9.81. The zero-order chi connectivity index (χ0) is 33.0. The van der Waals surface area contributed by atoms with Crippen molar-refractivity contribution in [1.82, 2.24) is 15.6 Å². The van der Waals surface area contributed by atoms with E-state index in [2.05, 4.69) is 20.9 Å². The topological polar surface area (TPSA) is 159 Å². The predicted octanol–water partition coefficient (Wildman–Crippen LogP) is 5.74. The molecule has 6 N–H and O–H groups in total. The van der Waals surface area contributed by atoms with Crippen molar-refractivity contribution in [2.24, 2.45) is 17.6 Å². The van der Waals surface area contributed by atoms with Crippen LogP contribution in [0.5, 0.6) is 0 Å². The summed E-state index contributed by atoms with van der Waals surface area (Å²) in [6.45, 7) is 6.43. The van der Waals surface area contributed by atoms with Gasteiger partial charge in [0.2, 0.25) is 11.8 Å². The Hall–Kier alpha value is -4.12. The summed E-state index contributed by atoms with van der Waals surface area (Å²) in [4.78, 5) is 53.7. The third-order valence-corrected chi connectivity index (χ3v) is 8.82. The van der Waals surface area contributed by atoms with Gasteiger partial charge >= 0.3 is 5.76 Å². The van der Waals surface area contributed by atoms with Gasteiger partial charge in [0, 0.05) is 29.6 Å². The lowest BCUT2D eigenvalue weighted by Crippen LogP contribution is -2.48. The molecule has 1 saturated carbocycles. The van der Waals surface area contributed by atoms with Gasteiger partial charge in [-0.1, -0.05) is 41.9 Å². The summed E-state index contributed by atoms with van der Waals surface area (Å²) in [5.74, 6) is -1.10. The molecule has 3 aromatic carbocycles. The molecule has 250 valence electrons. The standard InChI is InChI=1S/C35H40ClN5O5.ClH/c1-19(2)38-33(43)25-12-13-27(20(3)14-25)23-8-4-21(5-9-23)15-30(40-32(42)24-10-6-22(18-37)7-11-24)34(44)39-26-16-28(36)31-29(17-26)41-35(45)46-31;/h4-5,8-9,12-14,16-17,19,22,24,30H,6-7,10-11,15,18,37H2,1-3H3,(H,38,43)(H,39,44)(H,40,42)(H,41,45);1H/t22?,24?,30-;/m0./s1. The van der Waals surface area contributed by atoms with Crippen molar-refractivity contribution in [3.8, 4) is 11.1 Å². The monoisotopic (exact) mass is 681 g/mol. The summed E-state index contributed by atoms with van der Waals surface area (Å²) >= 11 is 6.30. The number of nitrogens with two attached hydrogens (primary N) is 1. The Kier molecular flexibility index (Phi) is 11.9. The van der Waals surface area contributed by atoms with Crippen molar-refractivity contribution in [1.29, 1.82) is 0 Å². The van der Waals surface area contributed by atoms with Crippen molar-refractivity contribution in [3.63, 3.8) is 0 Å². The first-order valence-corrected chi connectivity index (χ1v) is 16.0. The maximum Gasteiger partial charge on any atom is 0.417 e. The summed E-state index contributed by atoms with van der Waals surface area (Å²) in [6.07, 6.45) is 3.48. The van der Waals surface area contributed by atoms with Gasteiger partial charge in [-0.2, -0.15) is 0 Å². The zero-order valence-corrected chi connectivity index (χ0v) is 28.2. The van der Waals surface area contributed by atoms with Crippen LogP contribution in [0.1, 0.15) is 61.0 Å². The molecule has 10 nitrogen and oxygen atoms in total. The van der Waals surface area contributed by atoms with E-state index in [1.807, 2.05) is 63.2 Å². The highest BCUT2D eigenvalue weighted by molar-refractivity contribution is 6.35. The number of carbonyl (C=O) groups is 3. The number of halogens is 2. The summed E-state index contributed by atoms with van der Waals surface area (Å²) in [6, 6.07) is 15.7. The van der Waals surface area contributed by atoms with E-state index in [1.165, 1.54) is 6.07 Å². The van der Waals surface area contributed by atoms with Crippen LogP contribution in [0.4, 0.5) is 5.69 Å². The molecule has 0 bridgehead atoms. The normalized spacial score (nSPS) is 16.7. The molecule has 1 fully saturated rings. The molecule has 3 amide bonds. The number of nitrogens with one attached hydrogen (secondary N) is 4. The molecule has 0 unspecified atom stereocenters. The summed E-state index contributed by atoms with van der Waals surface area (Å²) in [5.41, 5.74) is 11.1. The highest BCUT2D eigenvalue weighted by Crippen LogP contribution is 2.30. The summed E-state index contributed by atoms with van der Waals surface area (Å²) in [5, 5.41) is 8.93. The van der Waals surface area contributed by atoms with Crippen LogP contribution < -0.4 is 27.4 Å².